The number of para-hydroxylation sites is 1. The van der Waals surface area contributed by atoms with Crippen molar-refractivity contribution >= 4 is 22.8 Å². The maximum Gasteiger partial charge on any atom is 0.406 e. The van der Waals surface area contributed by atoms with Gasteiger partial charge in [0.2, 0.25) is 5.91 Å². The smallest absolute Gasteiger partial charge is 0.406 e. The summed E-state index contributed by atoms with van der Waals surface area (Å²) in [6.45, 7) is 1.14. The molecule has 0 spiro atoms. The third-order valence-electron chi connectivity index (χ3n) is 3.77. The second kappa shape index (κ2) is 8.79. The first-order valence-corrected chi connectivity index (χ1v) is 8.47. The van der Waals surface area contributed by atoms with E-state index in [0.29, 0.717) is 29.7 Å². The van der Waals surface area contributed by atoms with Crippen LogP contribution in [0.25, 0.3) is 11.0 Å². The third kappa shape index (κ3) is 6.19. The number of carbonyl (C=O) groups excluding carboxylic acids is 1. The Morgan fingerprint density at radius 3 is 2.56 bits per heavy atom. The SMILES string of the molecule is CCNC(=NCC(=O)N(C)CC(F)(F)F)N(C)Cc1cc2ccccc2o1. The summed E-state index contributed by atoms with van der Waals surface area (Å²) in [7, 11) is 2.87. The lowest BCUT2D eigenvalue weighted by molar-refractivity contribution is -0.157. The Kier molecular flexibility index (Phi) is 6.70. The van der Waals surface area contributed by atoms with Gasteiger partial charge in [-0.25, -0.2) is 4.99 Å². The summed E-state index contributed by atoms with van der Waals surface area (Å²) >= 11 is 0. The Balaban J connectivity index is 2.03. The van der Waals surface area contributed by atoms with Crippen molar-refractivity contribution in [1.82, 2.24) is 15.1 Å². The van der Waals surface area contributed by atoms with Gasteiger partial charge in [-0.05, 0) is 19.1 Å². The number of furan rings is 1. The van der Waals surface area contributed by atoms with Gasteiger partial charge >= 0.3 is 6.18 Å². The van der Waals surface area contributed by atoms with Gasteiger partial charge in [-0.2, -0.15) is 13.2 Å². The van der Waals surface area contributed by atoms with Crippen molar-refractivity contribution in [3.05, 3.63) is 36.1 Å². The molecule has 1 N–H and O–H groups in total. The number of nitrogens with zero attached hydrogens (tertiary/aromatic N) is 3. The summed E-state index contributed by atoms with van der Waals surface area (Å²) < 4.78 is 42.9. The van der Waals surface area contributed by atoms with Crippen molar-refractivity contribution in [2.45, 2.75) is 19.6 Å². The highest BCUT2D eigenvalue weighted by Crippen LogP contribution is 2.19. The molecule has 0 unspecified atom stereocenters. The minimum atomic E-state index is -4.43. The van der Waals surface area contributed by atoms with E-state index in [2.05, 4.69) is 10.3 Å². The maximum atomic E-state index is 12.4. The normalized spacial score (nSPS) is 12.3. The number of nitrogens with one attached hydrogen (secondary N) is 1. The van der Waals surface area contributed by atoms with E-state index in [1.54, 1.807) is 11.9 Å². The van der Waals surface area contributed by atoms with Gasteiger partial charge in [-0.1, -0.05) is 18.2 Å². The lowest BCUT2D eigenvalue weighted by Gasteiger charge is -2.22. The lowest BCUT2D eigenvalue weighted by atomic mass is 10.2. The molecular weight excluding hydrogens is 361 g/mol. The molecule has 148 valence electrons. The molecule has 9 heteroatoms. The van der Waals surface area contributed by atoms with Crippen LogP contribution in [-0.4, -0.2) is 61.6 Å². The highest BCUT2D eigenvalue weighted by Gasteiger charge is 2.31. The zero-order valence-electron chi connectivity index (χ0n) is 15.5. The van der Waals surface area contributed by atoms with E-state index in [0.717, 1.165) is 18.0 Å². The summed E-state index contributed by atoms with van der Waals surface area (Å²) in [5, 5.41) is 4.00. The second-order valence-corrected chi connectivity index (χ2v) is 6.14. The molecule has 1 amide bonds. The first-order chi connectivity index (χ1) is 12.7. The summed E-state index contributed by atoms with van der Waals surface area (Å²) in [5.41, 5.74) is 0.770. The molecule has 27 heavy (non-hydrogen) atoms. The highest BCUT2D eigenvalue weighted by atomic mass is 19.4. The van der Waals surface area contributed by atoms with Crippen molar-refractivity contribution in [3.8, 4) is 0 Å². The van der Waals surface area contributed by atoms with Gasteiger partial charge in [-0.3, -0.25) is 4.79 Å². The van der Waals surface area contributed by atoms with Gasteiger partial charge in [0.05, 0.1) is 6.54 Å². The van der Waals surface area contributed by atoms with Crippen molar-refractivity contribution in [3.63, 3.8) is 0 Å². The van der Waals surface area contributed by atoms with Gasteiger partial charge in [0.25, 0.3) is 0 Å². The molecule has 0 radical (unpaired) electrons. The Morgan fingerprint density at radius 2 is 1.93 bits per heavy atom. The zero-order chi connectivity index (χ0) is 20.0. The third-order valence-corrected chi connectivity index (χ3v) is 3.77. The molecule has 0 saturated heterocycles. The van der Waals surface area contributed by atoms with Crippen molar-refractivity contribution in [2.75, 3.05) is 33.7 Å². The van der Waals surface area contributed by atoms with E-state index in [-0.39, 0.29) is 6.54 Å². The first kappa shape index (κ1) is 20.6. The maximum absolute atomic E-state index is 12.4. The quantitative estimate of drug-likeness (QED) is 0.615. The van der Waals surface area contributed by atoms with Crippen LogP contribution in [0, 0.1) is 0 Å². The monoisotopic (exact) mass is 384 g/mol. The highest BCUT2D eigenvalue weighted by molar-refractivity contribution is 5.85. The van der Waals surface area contributed by atoms with Crippen molar-refractivity contribution in [1.29, 1.82) is 0 Å². The number of carbonyl (C=O) groups is 1. The number of alkyl halides is 3. The van der Waals surface area contributed by atoms with Crippen LogP contribution in [0.15, 0.2) is 39.7 Å². The Labute approximate surface area is 155 Å². The molecular formula is C18H23F3N4O2. The molecule has 0 aliphatic rings. The number of benzene rings is 1. The minimum absolute atomic E-state index is 0.376. The molecule has 0 saturated carbocycles. The van der Waals surface area contributed by atoms with Crippen LogP contribution in [0.5, 0.6) is 0 Å². The molecule has 1 aromatic heterocycles. The van der Waals surface area contributed by atoms with E-state index in [1.807, 2.05) is 37.3 Å². The van der Waals surface area contributed by atoms with Gasteiger partial charge < -0.3 is 19.5 Å². The van der Waals surface area contributed by atoms with Gasteiger partial charge in [0, 0.05) is 26.0 Å². The number of aliphatic imine (C=N–C) groups is 1. The standard InChI is InChI=1S/C18H23F3N4O2/c1-4-22-17(23-10-16(26)25(3)12-18(19,20)21)24(2)11-14-9-13-7-5-6-8-15(13)27-14/h5-9H,4,10-12H2,1-3H3,(H,22,23). The van der Waals surface area contributed by atoms with Gasteiger partial charge in [0.1, 0.15) is 24.4 Å². The van der Waals surface area contributed by atoms with Crippen molar-refractivity contribution in [2.24, 2.45) is 4.99 Å². The fourth-order valence-electron chi connectivity index (χ4n) is 2.51. The average Bonchev–Trinajstić information content (AvgIpc) is 2.98. The summed E-state index contributed by atoms with van der Waals surface area (Å²) in [6, 6.07) is 9.52. The predicted octanol–water partition coefficient (Wildman–Crippen LogP) is 2.85. The molecule has 1 aromatic carbocycles. The van der Waals surface area contributed by atoms with Crippen LogP contribution < -0.4 is 5.32 Å². The average molecular weight is 384 g/mol. The van der Waals surface area contributed by atoms with E-state index in [9.17, 15) is 18.0 Å². The number of guanidine groups is 1. The van der Waals surface area contributed by atoms with Crippen LogP contribution >= 0.6 is 0 Å². The number of fused-ring (bicyclic) bond motifs is 1. The number of hydrogen-bond donors (Lipinski definition) is 1. The van der Waals surface area contributed by atoms with Gasteiger partial charge in [0.15, 0.2) is 5.96 Å². The molecule has 0 aliphatic heterocycles. The second-order valence-electron chi connectivity index (χ2n) is 6.14. The first-order valence-electron chi connectivity index (χ1n) is 8.47. The van der Waals surface area contributed by atoms with E-state index >= 15 is 0 Å². The summed E-state index contributed by atoms with van der Waals surface area (Å²) in [5.74, 6) is 0.413. The summed E-state index contributed by atoms with van der Waals surface area (Å²) in [6.07, 6.45) is -4.43. The van der Waals surface area contributed by atoms with Crippen LogP contribution in [0.3, 0.4) is 0 Å². The Hall–Kier alpha value is -2.71. The van der Waals surface area contributed by atoms with Crippen LogP contribution in [0.4, 0.5) is 13.2 Å². The lowest BCUT2D eigenvalue weighted by Crippen LogP contribution is -2.40. The molecule has 0 bridgehead atoms. The minimum Gasteiger partial charge on any atom is -0.459 e. The number of halogens is 3. The number of likely N-dealkylation sites (N-methyl/N-ethyl adjacent to an activating group) is 1. The van der Waals surface area contributed by atoms with Crippen LogP contribution in [0.2, 0.25) is 0 Å². The number of amides is 1. The summed E-state index contributed by atoms with van der Waals surface area (Å²) in [4.78, 5) is 18.4. The predicted molar refractivity (Wildman–Crippen MR) is 97.4 cm³/mol. The fourth-order valence-corrected chi connectivity index (χ4v) is 2.51. The van der Waals surface area contributed by atoms with E-state index < -0.39 is 18.6 Å². The molecule has 2 rings (SSSR count). The van der Waals surface area contributed by atoms with Crippen LogP contribution in [0.1, 0.15) is 12.7 Å². The topological polar surface area (TPSA) is 61.1 Å². The van der Waals surface area contributed by atoms with Gasteiger partial charge in [-0.15, -0.1) is 0 Å². The Bertz CT molecular complexity index is 768. The van der Waals surface area contributed by atoms with Crippen molar-refractivity contribution < 1.29 is 22.4 Å². The number of hydrogen-bond acceptors (Lipinski definition) is 3. The zero-order valence-corrected chi connectivity index (χ0v) is 15.5. The molecule has 0 atom stereocenters. The van der Waals surface area contributed by atoms with E-state index in [1.165, 1.54) is 0 Å². The Morgan fingerprint density at radius 1 is 1.22 bits per heavy atom. The van der Waals surface area contributed by atoms with Crippen LogP contribution in [-0.2, 0) is 11.3 Å². The molecule has 6 nitrogen and oxygen atoms in total. The largest absolute Gasteiger partial charge is 0.459 e. The molecule has 1 heterocycles. The molecule has 0 aliphatic carbocycles. The van der Waals surface area contributed by atoms with E-state index in [4.69, 9.17) is 4.42 Å². The molecule has 2 aromatic rings. The molecule has 0 fully saturated rings. The fraction of sp³-hybridized carbons (Fsp3) is 0.444. The number of rotatable bonds is 6.